The summed E-state index contributed by atoms with van der Waals surface area (Å²) in [6, 6.07) is 3.81. The molecule has 1 aromatic carbocycles. The van der Waals surface area contributed by atoms with Crippen LogP contribution in [0.25, 0.3) is 0 Å². The molecule has 1 aliphatic rings. The second-order valence-electron chi connectivity index (χ2n) is 4.53. The Labute approximate surface area is 99.3 Å². The smallest absolute Gasteiger partial charge is 0.252 e. The van der Waals surface area contributed by atoms with Crippen molar-refractivity contribution in [1.29, 1.82) is 0 Å². The molecule has 0 saturated heterocycles. The van der Waals surface area contributed by atoms with Gasteiger partial charge in [-0.05, 0) is 31.4 Å². The van der Waals surface area contributed by atoms with Gasteiger partial charge in [0.1, 0.15) is 11.5 Å². The summed E-state index contributed by atoms with van der Waals surface area (Å²) >= 11 is 0. The highest BCUT2D eigenvalue weighted by molar-refractivity contribution is 5.95. The Morgan fingerprint density at radius 3 is 2.29 bits per heavy atom. The molecule has 17 heavy (non-hydrogen) atoms. The van der Waals surface area contributed by atoms with Crippen molar-refractivity contribution in [1.82, 2.24) is 5.32 Å². The van der Waals surface area contributed by atoms with Crippen LogP contribution < -0.4 is 11.1 Å². The average molecular weight is 236 g/mol. The van der Waals surface area contributed by atoms with E-state index in [1.807, 2.05) is 0 Å². The zero-order valence-corrected chi connectivity index (χ0v) is 9.44. The van der Waals surface area contributed by atoms with Crippen LogP contribution >= 0.6 is 0 Å². The third-order valence-electron chi connectivity index (χ3n) is 3.24. The summed E-state index contributed by atoms with van der Waals surface area (Å²) in [6.45, 7) is 0.406. The number of nitrogens with one attached hydrogen (secondary N) is 1. The molecule has 0 atom stereocenters. The van der Waals surface area contributed by atoms with Gasteiger partial charge in [-0.25, -0.2) is 0 Å². The maximum absolute atomic E-state index is 11.9. The molecule has 0 heterocycles. The first kappa shape index (κ1) is 11.7. The van der Waals surface area contributed by atoms with Gasteiger partial charge >= 0.3 is 0 Å². The summed E-state index contributed by atoms with van der Waals surface area (Å²) in [7, 11) is 0. The number of hydrogen-bond acceptors (Lipinski definition) is 4. The molecule has 0 spiro atoms. The molecule has 0 bridgehead atoms. The van der Waals surface area contributed by atoms with Crippen molar-refractivity contribution in [3.63, 3.8) is 0 Å². The van der Waals surface area contributed by atoms with Gasteiger partial charge in [0.15, 0.2) is 0 Å². The van der Waals surface area contributed by atoms with E-state index in [0.717, 1.165) is 19.3 Å². The minimum absolute atomic E-state index is 0.134. The Hall–Kier alpha value is -1.75. The Bertz CT molecular complexity index is 416. The zero-order valence-electron chi connectivity index (χ0n) is 9.44. The number of nitrogens with two attached hydrogens (primary N) is 1. The van der Waals surface area contributed by atoms with E-state index in [2.05, 4.69) is 5.32 Å². The first-order chi connectivity index (χ1) is 8.04. The molecule has 1 aromatic rings. The highest BCUT2D eigenvalue weighted by atomic mass is 16.3. The highest BCUT2D eigenvalue weighted by Crippen LogP contribution is 2.31. The maximum atomic E-state index is 11.9. The van der Waals surface area contributed by atoms with Crippen LogP contribution in [0.3, 0.4) is 0 Å². The minimum atomic E-state index is -0.318. The molecule has 0 aliphatic heterocycles. The molecule has 0 unspecified atom stereocenters. The molecule has 1 saturated carbocycles. The van der Waals surface area contributed by atoms with Crippen molar-refractivity contribution in [3.8, 4) is 11.5 Å². The van der Waals surface area contributed by atoms with Gasteiger partial charge in [-0.15, -0.1) is 0 Å². The lowest BCUT2D eigenvalue weighted by Crippen LogP contribution is -2.58. The van der Waals surface area contributed by atoms with Crippen LogP contribution in [0.2, 0.25) is 0 Å². The number of amides is 1. The predicted molar refractivity (Wildman–Crippen MR) is 62.9 cm³/mol. The highest BCUT2D eigenvalue weighted by Gasteiger charge is 2.37. The third kappa shape index (κ3) is 2.34. The molecule has 92 valence electrons. The molecule has 1 fully saturated rings. The molecule has 5 heteroatoms. The summed E-state index contributed by atoms with van der Waals surface area (Å²) in [5.74, 6) is -0.586. The van der Waals surface area contributed by atoms with Gasteiger partial charge in [-0.3, -0.25) is 4.79 Å². The van der Waals surface area contributed by atoms with Gasteiger partial charge in [0.2, 0.25) is 0 Å². The van der Waals surface area contributed by atoms with Crippen molar-refractivity contribution >= 4 is 5.91 Å². The molecule has 5 nitrogen and oxygen atoms in total. The molecule has 0 radical (unpaired) electrons. The van der Waals surface area contributed by atoms with Crippen LogP contribution in [0.15, 0.2) is 18.2 Å². The number of phenols is 2. The fourth-order valence-corrected chi connectivity index (χ4v) is 2.02. The Morgan fingerprint density at radius 1 is 1.29 bits per heavy atom. The van der Waals surface area contributed by atoms with Crippen molar-refractivity contribution in [2.24, 2.45) is 5.73 Å². The van der Waals surface area contributed by atoms with Crippen molar-refractivity contribution in [2.75, 3.05) is 6.54 Å². The lowest BCUT2D eigenvalue weighted by molar-refractivity contribution is 0.0836. The van der Waals surface area contributed by atoms with Gasteiger partial charge in [-0.2, -0.15) is 0 Å². The predicted octanol–water partition coefficient (Wildman–Crippen LogP) is 0.709. The number of benzene rings is 1. The first-order valence-corrected chi connectivity index (χ1v) is 5.60. The van der Waals surface area contributed by atoms with Crippen LogP contribution in [0, 0.1) is 0 Å². The van der Waals surface area contributed by atoms with Crippen molar-refractivity contribution < 1.29 is 15.0 Å². The van der Waals surface area contributed by atoms with E-state index in [1.165, 1.54) is 18.2 Å². The molecular weight excluding hydrogens is 220 g/mol. The summed E-state index contributed by atoms with van der Waals surface area (Å²) in [5, 5.41) is 21.5. The lowest BCUT2D eigenvalue weighted by atomic mass is 9.76. The summed E-state index contributed by atoms with van der Waals surface area (Å²) in [5.41, 5.74) is 5.57. The average Bonchev–Trinajstić information content (AvgIpc) is 2.21. The Kier molecular flexibility index (Phi) is 2.93. The van der Waals surface area contributed by atoms with Crippen LogP contribution in [0.1, 0.15) is 29.6 Å². The largest absolute Gasteiger partial charge is 0.508 e. The van der Waals surface area contributed by atoms with Crippen LogP contribution in [-0.2, 0) is 0 Å². The molecule has 5 N–H and O–H groups in total. The quantitative estimate of drug-likeness (QED) is 0.621. The number of phenolic OH excluding ortho intramolecular Hbond substituents is 2. The van der Waals surface area contributed by atoms with E-state index >= 15 is 0 Å². The van der Waals surface area contributed by atoms with E-state index in [4.69, 9.17) is 5.73 Å². The fourth-order valence-electron chi connectivity index (χ4n) is 2.02. The molecular formula is C12H16N2O3. The number of hydrogen-bond donors (Lipinski definition) is 4. The number of carbonyl (C=O) groups is 1. The van der Waals surface area contributed by atoms with Gasteiger partial charge < -0.3 is 21.3 Å². The first-order valence-electron chi connectivity index (χ1n) is 5.60. The Balaban J connectivity index is 2.14. The van der Waals surface area contributed by atoms with E-state index < -0.39 is 0 Å². The van der Waals surface area contributed by atoms with E-state index in [0.29, 0.717) is 6.54 Å². The van der Waals surface area contributed by atoms with Crippen molar-refractivity contribution in [2.45, 2.75) is 24.8 Å². The standard InChI is InChI=1S/C12H16N2O3/c13-7-12(2-1-3-12)14-11(17)8-4-9(15)6-10(16)5-8/h4-6,15-16H,1-3,7,13H2,(H,14,17). The minimum Gasteiger partial charge on any atom is -0.508 e. The summed E-state index contributed by atoms with van der Waals surface area (Å²) in [6.07, 6.45) is 2.81. The zero-order chi connectivity index (χ0) is 12.5. The van der Waals surface area contributed by atoms with E-state index in [-0.39, 0.29) is 28.5 Å². The molecule has 1 amide bonds. The van der Waals surface area contributed by atoms with Crippen LogP contribution in [0.4, 0.5) is 0 Å². The molecule has 0 aromatic heterocycles. The molecule has 1 aliphatic carbocycles. The normalized spacial score (nSPS) is 17.2. The Morgan fingerprint density at radius 2 is 1.88 bits per heavy atom. The summed E-state index contributed by atoms with van der Waals surface area (Å²) in [4.78, 5) is 11.9. The maximum Gasteiger partial charge on any atom is 0.252 e. The monoisotopic (exact) mass is 236 g/mol. The van der Waals surface area contributed by atoms with Gasteiger partial charge in [0, 0.05) is 18.2 Å². The van der Waals surface area contributed by atoms with Crippen LogP contribution in [0.5, 0.6) is 11.5 Å². The van der Waals surface area contributed by atoms with E-state index in [1.54, 1.807) is 0 Å². The number of aromatic hydroxyl groups is 2. The lowest BCUT2D eigenvalue weighted by Gasteiger charge is -2.41. The number of rotatable bonds is 3. The van der Waals surface area contributed by atoms with Crippen molar-refractivity contribution in [3.05, 3.63) is 23.8 Å². The van der Waals surface area contributed by atoms with Gasteiger partial charge in [0.05, 0.1) is 5.54 Å². The SMILES string of the molecule is NCC1(NC(=O)c2cc(O)cc(O)c2)CCC1. The van der Waals surface area contributed by atoms with Gasteiger partial charge in [-0.1, -0.05) is 0 Å². The molecule has 2 rings (SSSR count). The van der Waals surface area contributed by atoms with E-state index in [9.17, 15) is 15.0 Å². The topological polar surface area (TPSA) is 95.6 Å². The number of carbonyl (C=O) groups excluding carboxylic acids is 1. The van der Waals surface area contributed by atoms with Gasteiger partial charge in [0.25, 0.3) is 5.91 Å². The fraction of sp³-hybridized carbons (Fsp3) is 0.417. The second-order valence-corrected chi connectivity index (χ2v) is 4.53. The second kappa shape index (κ2) is 4.25. The van der Waals surface area contributed by atoms with Crippen LogP contribution in [-0.4, -0.2) is 28.2 Å². The summed E-state index contributed by atoms with van der Waals surface area (Å²) < 4.78 is 0. The third-order valence-corrected chi connectivity index (χ3v) is 3.24.